The van der Waals surface area contributed by atoms with Gasteiger partial charge in [-0.1, -0.05) is 49.7 Å². The normalized spacial score (nSPS) is 12.8. The Morgan fingerprint density at radius 2 is 1.72 bits per heavy atom. The van der Waals surface area contributed by atoms with E-state index in [1.54, 1.807) is 25.3 Å². The maximum atomic E-state index is 13.0. The van der Waals surface area contributed by atoms with E-state index >= 15 is 0 Å². The molecule has 0 aliphatic rings. The first-order chi connectivity index (χ1) is 14.1. The smallest absolute Gasteiger partial charge is 0.354 e. The lowest BCUT2D eigenvalue weighted by Crippen LogP contribution is -2.52. The Bertz CT molecular complexity index is 991. The maximum absolute atomic E-state index is 13.0. The lowest BCUT2D eigenvalue weighted by Gasteiger charge is -2.36. The van der Waals surface area contributed by atoms with Gasteiger partial charge in [0, 0.05) is 33.0 Å². The van der Waals surface area contributed by atoms with Crippen molar-refractivity contribution in [3.8, 4) is 17.1 Å². The molecule has 6 nitrogen and oxygen atoms in total. The molecule has 0 saturated carbocycles. The summed E-state index contributed by atoms with van der Waals surface area (Å²) in [6.45, 7) is 2.03. The van der Waals surface area contributed by atoms with Gasteiger partial charge in [-0.3, -0.25) is 4.79 Å². The van der Waals surface area contributed by atoms with Crippen molar-refractivity contribution < 1.29 is 23.4 Å². The van der Waals surface area contributed by atoms with E-state index in [0.29, 0.717) is 28.9 Å². The van der Waals surface area contributed by atoms with Gasteiger partial charge < -0.3 is 23.4 Å². The average molecular weight is 398 g/mol. The Morgan fingerprint density at radius 1 is 1.00 bits per heavy atom. The second-order valence-electron chi connectivity index (χ2n) is 6.60. The first-order valence-corrected chi connectivity index (χ1v) is 9.53. The van der Waals surface area contributed by atoms with Gasteiger partial charge in [0.2, 0.25) is 0 Å². The summed E-state index contributed by atoms with van der Waals surface area (Å²) in [6, 6.07) is 16.1. The first kappa shape index (κ1) is 21.0. The average Bonchev–Trinajstić information content (AvgIpc) is 2.76. The van der Waals surface area contributed by atoms with Crippen LogP contribution < -0.4 is 10.2 Å². The zero-order chi connectivity index (χ0) is 20.9. The van der Waals surface area contributed by atoms with Crippen molar-refractivity contribution in [3.05, 3.63) is 64.8 Å². The molecule has 0 radical (unpaired) electrons. The molecule has 0 bridgehead atoms. The lowest BCUT2D eigenvalue weighted by molar-refractivity contribution is -0.365. The molecule has 0 N–H and O–H groups in total. The second kappa shape index (κ2) is 9.22. The van der Waals surface area contributed by atoms with Gasteiger partial charge in [-0.2, -0.15) is 0 Å². The fourth-order valence-electron chi connectivity index (χ4n) is 3.36. The summed E-state index contributed by atoms with van der Waals surface area (Å²) in [6.07, 6.45) is 0.998. The molecule has 0 amide bonds. The summed E-state index contributed by atoms with van der Waals surface area (Å²) in [5, 5.41) is 0.317. The van der Waals surface area contributed by atoms with Crippen LogP contribution in [0.2, 0.25) is 0 Å². The summed E-state index contributed by atoms with van der Waals surface area (Å²) >= 11 is 0. The highest BCUT2D eigenvalue weighted by molar-refractivity contribution is 5.84. The standard InChI is InChI=1S/C23H26O6/c1-5-10-21(25-2)23(26-3,27-4)29-19-14-9-13-18-22(19)17(24)15-20(28-18)16-11-7-6-8-12-16/h6-9,11-15,21H,5,10H2,1-4H3. The van der Waals surface area contributed by atoms with Crippen LogP contribution in [0.4, 0.5) is 0 Å². The third kappa shape index (κ3) is 4.19. The topological polar surface area (TPSA) is 67.1 Å². The Labute approximate surface area is 170 Å². The van der Waals surface area contributed by atoms with Crippen LogP contribution in [0.3, 0.4) is 0 Å². The molecule has 0 aliphatic carbocycles. The Morgan fingerprint density at radius 3 is 2.34 bits per heavy atom. The molecule has 1 atom stereocenters. The highest BCUT2D eigenvalue weighted by Gasteiger charge is 2.43. The van der Waals surface area contributed by atoms with Crippen molar-refractivity contribution in [3.63, 3.8) is 0 Å². The summed E-state index contributed by atoms with van der Waals surface area (Å²) in [5.74, 6) is -0.702. The molecule has 0 fully saturated rings. The second-order valence-corrected chi connectivity index (χ2v) is 6.60. The lowest BCUT2D eigenvalue weighted by atomic mass is 10.1. The van der Waals surface area contributed by atoms with Gasteiger partial charge in [-0.15, -0.1) is 0 Å². The molecule has 29 heavy (non-hydrogen) atoms. The van der Waals surface area contributed by atoms with Gasteiger partial charge in [0.15, 0.2) is 11.5 Å². The molecule has 1 unspecified atom stereocenters. The van der Waals surface area contributed by atoms with E-state index in [1.807, 2.05) is 37.3 Å². The number of benzene rings is 2. The minimum atomic E-state index is -1.50. The molecule has 3 aromatic rings. The largest absolute Gasteiger partial charge is 0.456 e. The predicted molar refractivity (Wildman–Crippen MR) is 111 cm³/mol. The highest BCUT2D eigenvalue weighted by atomic mass is 16.9. The van der Waals surface area contributed by atoms with Crippen LogP contribution in [0.15, 0.2) is 63.8 Å². The van der Waals surface area contributed by atoms with Crippen molar-refractivity contribution >= 4 is 11.0 Å². The van der Waals surface area contributed by atoms with Crippen molar-refractivity contribution in [1.29, 1.82) is 0 Å². The number of methoxy groups -OCH3 is 3. The quantitative estimate of drug-likeness (QED) is 0.491. The molecule has 0 aliphatic heterocycles. The van der Waals surface area contributed by atoms with E-state index in [0.717, 1.165) is 12.0 Å². The van der Waals surface area contributed by atoms with Gasteiger partial charge in [-0.05, 0) is 18.6 Å². The molecule has 154 valence electrons. The van der Waals surface area contributed by atoms with Crippen molar-refractivity contribution in [2.45, 2.75) is 31.8 Å². The highest BCUT2D eigenvalue weighted by Crippen LogP contribution is 2.32. The van der Waals surface area contributed by atoms with E-state index in [1.165, 1.54) is 20.3 Å². The van der Waals surface area contributed by atoms with Crippen molar-refractivity contribution in [2.75, 3.05) is 21.3 Å². The van der Waals surface area contributed by atoms with Crippen molar-refractivity contribution in [1.82, 2.24) is 0 Å². The third-order valence-electron chi connectivity index (χ3n) is 4.83. The zero-order valence-electron chi connectivity index (χ0n) is 17.1. The molecular weight excluding hydrogens is 372 g/mol. The SMILES string of the molecule is CCCC(OC)C(OC)(OC)Oc1cccc2oc(-c3ccccc3)cc(=O)c12. The Balaban J connectivity index is 2.09. The summed E-state index contributed by atoms with van der Waals surface area (Å²) in [5.41, 5.74) is 1.02. The molecule has 2 aromatic carbocycles. The molecule has 3 rings (SSSR count). The number of fused-ring (bicyclic) bond motifs is 1. The van der Waals surface area contributed by atoms with Crippen LogP contribution in [0.5, 0.6) is 5.75 Å². The maximum Gasteiger partial charge on any atom is 0.354 e. The van der Waals surface area contributed by atoms with Crippen LogP contribution in [0, 0.1) is 0 Å². The zero-order valence-corrected chi connectivity index (χ0v) is 17.1. The first-order valence-electron chi connectivity index (χ1n) is 9.53. The van der Waals surface area contributed by atoms with E-state index in [2.05, 4.69) is 0 Å². The number of rotatable bonds is 9. The Kier molecular flexibility index (Phi) is 6.69. The fraction of sp³-hybridized carbons (Fsp3) is 0.348. The molecule has 0 spiro atoms. The van der Waals surface area contributed by atoms with Crippen LogP contribution in [-0.4, -0.2) is 33.4 Å². The minimum absolute atomic E-state index is 0.216. The van der Waals surface area contributed by atoms with Gasteiger partial charge in [0.25, 0.3) is 0 Å². The fourth-order valence-corrected chi connectivity index (χ4v) is 3.36. The minimum Gasteiger partial charge on any atom is -0.456 e. The molecule has 0 saturated heterocycles. The van der Waals surface area contributed by atoms with E-state index < -0.39 is 12.1 Å². The predicted octanol–water partition coefficient (Wildman–Crippen LogP) is 4.60. The molecule has 6 heteroatoms. The van der Waals surface area contributed by atoms with Gasteiger partial charge in [0.05, 0.1) is 0 Å². The summed E-state index contributed by atoms with van der Waals surface area (Å²) in [4.78, 5) is 13.0. The molecular formula is C23H26O6. The van der Waals surface area contributed by atoms with Crippen molar-refractivity contribution in [2.24, 2.45) is 0 Å². The Hall–Kier alpha value is -2.67. The summed E-state index contributed by atoms with van der Waals surface area (Å²) in [7, 11) is 4.53. The van der Waals surface area contributed by atoms with Gasteiger partial charge in [0.1, 0.15) is 22.5 Å². The summed E-state index contributed by atoms with van der Waals surface area (Å²) < 4.78 is 28.8. The van der Waals surface area contributed by atoms with Crippen LogP contribution in [0.25, 0.3) is 22.3 Å². The monoisotopic (exact) mass is 398 g/mol. The number of hydrogen-bond acceptors (Lipinski definition) is 6. The van der Waals surface area contributed by atoms with Gasteiger partial charge in [-0.25, -0.2) is 0 Å². The van der Waals surface area contributed by atoms with Crippen LogP contribution >= 0.6 is 0 Å². The van der Waals surface area contributed by atoms with Gasteiger partial charge >= 0.3 is 5.97 Å². The van der Waals surface area contributed by atoms with E-state index in [-0.39, 0.29) is 5.43 Å². The van der Waals surface area contributed by atoms with Crippen LogP contribution in [-0.2, 0) is 14.2 Å². The number of hydrogen-bond donors (Lipinski definition) is 0. The number of ether oxygens (including phenoxy) is 4. The molecule has 1 aromatic heterocycles. The third-order valence-corrected chi connectivity index (χ3v) is 4.83. The van der Waals surface area contributed by atoms with E-state index in [9.17, 15) is 4.79 Å². The molecule has 1 heterocycles. The van der Waals surface area contributed by atoms with E-state index in [4.69, 9.17) is 23.4 Å². The van der Waals surface area contributed by atoms with Crippen LogP contribution in [0.1, 0.15) is 19.8 Å².